The third-order valence-electron chi connectivity index (χ3n) is 8.03. The maximum absolute atomic E-state index is 13.7. The number of rotatable bonds is 4. The second-order valence-corrected chi connectivity index (χ2v) is 12.9. The van der Waals surface area contributed by atoms with Crippen LogP contribution in [0, 0.1) is 25.7 Å². The van der Waals surface area contributed by atoms with Gasteiger partial charge in [0.1, 0.15) is 11.6 Å². The highest BCUT2D eigenvalue weighted by atomic mass is 19.4. The molecule has 2 aromatic carbocycles. The first-order chi connectivity index (χ1) is 21.8. The molecular weight excluding hydrogens is 628 g/mol. The average molecular weight is 668 g/mol. The van der Waals surface area contributed by atoms with E-state index in [0.29, 0.717) is 31.7 Å². The molecule has 0 saturated carbocycles. The van der Waals surface area contributed by atoms with Crippen molar-refractivity contribution < 1.29 is 45.4 Å². The summed E-state index contributed by atoms with van der Waals surface area (Å²) in [7, 11) is 0. The van der Waals surface area contributed by atoms with Crippen molar-refractivity contribution in [3.8, 4) is 11.8 Å². The van der Waals surface area contributed by atoms with E-state index >= 15 is 0 Å². The Morgan fingerprint density at radius 2 is 1.55 bits per heavy atom. The van der Waals surface area contributed by atoms with Gasteiger partial charge in [0.25, 0.3) is 5.91 Å². The molecule has 0 radical (unpaired) electrons. The minimum absolute atomic E-state index is 0.0151. The van der Waals surface area contributed by atoms with Crippen LogP contribution in [-0.4, -0.2) is 90.3 Å². The van der Waals surface area contributed by atoms with Crippen LogP contribution in [0.15, 0.2) is 36.4 Å². The van der Waals surface area contributed by atoms with Crippen molar-refractivity contribution in [2.24, 2.45) is 0 Å². The Bertz CT molecular complexity index is 1490. The van der Waals surface area contributed by atoms with Crippen molar-refractivity contribution in [2.45, 2.75) is 71.1 Å². The zero-order valence-electron chi connectivity index (χ0n) is 27.0. The van der Waals surface area contributed by atoms with Crippen molar-refractivity contribution in [3.63, 3.8) is 0 Å². The number of hydrogen-bond acceptors (Lipinski definition) is 5. The molecule has 2 saturated heterocycles. The molecule has 0 unspecified atom stereocenters. The molecule has 2 fully saturated rings. The Balaban J connectivity index is 1.58. The van der Waals surface area contributed by atoms with Gasteiger partial charge in [-0.25, -0.2) is 4.79 Å². The summed E-state index contributed by atoms with van der Waals surface area (Å²) in [6, 6.07) is 5.64. The number of amides is 2. The van der Waals surface area contributed by atoms with Crippen molar-refractivity contribution in [2.75, 3.05) is 45.9 Å². The quantitative estimate of drug-likeness (QED) is 0.281. The predicted molar refractivity (Wildman–Crippen MR) is 163 cm³/mol. The Morgan fingerprint density at radius 3 is 2.15 bits per heavy atom. The van der Waals surface area contributed by atoms with Crippen LogP contribution in [0.4, 0.5) is 31.1 Å². The second kappa shape index (κ2) is 14.2. The van der Waals surface area contributed by atoms with Gasteiger partial charge in [-0.2, -0.15) is 26.3 Å². The third-order valence-corrected chi connectivity index (χ3v) is 8.03. The number of nitrogens with zero attached hydrogens (tertiary/aromatic N) is 3. The molecule has 2 aromatic rings. The fourth-order valence-corrected chi connectivity index (χ4v) is 5.49. The van der Waals surface area contributed by atoms with E-state index < -0.39 is 58.7 Å². The average Bonchev–Trinajstić information content (AvgIpc) is 2.97. The number of halogens is 6. The fourth-order valence-electron chi connectivity index (χ4n) is 5.49. The molecule has 2 aliphatic rings. The highest BCUT2D eigenvalue weighted by Gasteiger charge is 2.39. The molecule has 0 spiro atoms. The van der Waals surface area contributed by atoms with Crippen LogP contribution in [0.2, 0.25) is 0 Å². The van der Waals surface area contributed by atoms with Gasteiger partial charge in [-0.1, -0.05) is 30.0 Å². The Morgan fingerprint density at radius 1 is 0.894 bits per heavy atom. The zero-order valence-corrected chi connectivity index (χ0v) is 27.0. The molecule has 2 heterocycles. The van der Waals surface area contributed by atoms with E-state index in [1.807, 2.05) is 36.9 Å². The Kier molecular flexibility index (Phi) is 10.9. The first kappa shape index (κ1) is 36.1. The summed E-state index contributed by atoms with van der Waals surface area (Å²) in [6.07, 6.45) is -10.3. The standard InChI is InChI=1S/C34H39F6N3O4/c1-22-8-9-24(15-23(22)2)16-29-20-41(10-6-7-28-21-46-14-13-43(28)31(45)47-32(3,4)5)11-12-42(29)30(44)25-17-26(33(35,36)37)19-27(18-25)34(38,39)40/h8-9,15,17-19,28-29H,10-14,16,20-21H2,1-5H3/t28-,29-/m1/s1. The number of piperazine rings is 1. The van der Waals surface area contributed by atoms with E-state index in [2.05, 4.69) is 11.8 Å². The molecule has 0 aromatic heterocycles. The van der Waals surface area contributed by atoms with Crippen molar-refractivity contribution in [1.29, 1.82) is 0 Å². The lowest BCUT2D eigenvalue weighted by atomic mass is 9.97. The number of ether oxygens (including phenoxy) is 2. The molecular formula is C34H39F6N3O4. The normalized spacial score (nSPS) is 19.6. The molecule has 0 aliphatic carbocycles. The number of carbonyl (C=O) groups is 2. The van der Waals surface area contributed by atoms with Gasteiger partial charge in [0, 0.05) is 37.8 Å². The van der Waals surface area contributed by atoms with E-state index in [0.717, 1.165) is 16.7 Å². The highest BCUT2D eigenvalue weighted by molar-refractivity contribution is 5.95. The van der Waals surface area contributed by atoms with E-state index in [1.165, 1.54) is 9.80 Å². The summed E-state index contributed by atoms with van der Waals surface area (Å²) in [5.41, 5.74) is -1.50. The number of alkyl halides is 6. The number of benzene rings is 2. The monoisotopic (exact) mass is 667 g/mol. The maximum atomic E-state index is 13.7. The van der Waals surface area contributed by atoms with Gasteiger partial charge < -0.3 is 14.4 Å². The molecule has 0 bridgehead atoms. The number of carbonyl (C=O) groups excluding carboxylic acids is 2. The van der Waals surface area contributed by atoms with E-state index in [-0.39, 0.29) is 38.9 Å². The second-order valence-electron chi connectivity index (χ2n) is 12.9. The van der Waals surface area contributed by atoms with Gasteiger partial charge in [0.15, 0.2) is 0 Å². The van der Waals surface area contributed by atoms with Gasteiger partial charge in [0.05, 0.1) is 30.9 Å². The highest BCUT2D eigenvalue weighted by Crippen LogP contribution is 2.37. The van der Waals surface area contributed by atoms with Crippen LogP contribution in [0.1, 0.15) is 58.9 Å². The van der Waals surface area contributed by atoms with Crippen molar-refractivity contribution in [3.05, 3.63) is 69.8 Å². The van der Waals surface area contributed by atoms with Crippen LogP contribution < -0.4 is 0 Å². The molecule has 2 amide bonds. The van der Waals surface area contributed by atoms with Crippen molar-refractivity contribution >= 4 is 12.0 Å². The SMILES string of the molecule is Cc1ccc(C[C@@H]2CN(CC#C[C@@H]3COCCN3C(=O)OC(C)(C)C)CCN2C(=O)c2cc(C(F)(F)F)cc(C(F)(F)F)c2)cc1C. The molecule has 4 rings (SSSR count). The van der Waals surface area contributed by atoms with Crippen LogP contribution in [0.3, 0.4) is 0 Å². The first-order valence-corrected chi connectivity index (χ1v) is 15.3. The van der Waals surface area contributed by atoms with Crippen LogP contribution in [0.5, 0.6) is 0 Å². The van der Waals surface area contributed by atoms with Crippen LogP contribution >= 0.6 is 0 Å². The largest absolute Gasteiger partial charge is 0.444 e. The first-order valence-electron chi connectivity index (χ1n) is 15.3. The van der Waals surface area contributed by atoms with E-state index in [4.69, 9.17) is 9.47 Å². The smallest absolute Gasteiger partial charge is 0.416 e. The zero-order chi connectivity index (χ0) is 34.7. The summed E-state index contributed by atoms with van der Waals surface area (Å²) >= 11 is 0. The maximum Gasteiger partial charge on any atom is 0.416 e. The lowest BCUT2D eigenvalue weighted by Crippen LogP contribution is -2.56. The van der Waals surface area contributed by atoms with Crippen molar-refractivity contribution in [1.82, 2.24) is 14.7 Å². The van der Waals surface area contributed by atoms with E-state index in [9.17, 15) is 35.9 Å². The van der Waals surface area contributed by atoms with Gasteiger partial charge in [-0.15, -0.1) is 0 Å². The molecule has 0 N–H and O–H groups in total. The van der Waals surface area contributed by atoms with Gasteiger partial charge in [-0.3, -0.25) is 14.6 Å². The lowest BCUT2D eigenvalue weighted by Gasteiger charge is -2.41. The topological polar surface area (TPSA) is 62.3 Å². The van der Waals surface area contributed by atoms with Gasteiger partial charge >= 0.3 is 18.4 Å². The summed E-state index contributed by atoms with van der Waals surface area (Å²) < 4.78 is 92.5. The minimum Gasteiger partial charge on any atom is -0.444 e. The molecule has 2 atom stereocenters. The summed E-state index contributed by atoms with van der Waals surface area (Å²) in [4.78, 5) is 31.3. The fraction of sp³-hybridized carbons (Fsp3) is 0.529. The van der Waals surface area contributed by atoms with E-state index in [1.54, 1.807) is 20.8 Å². The molecule has 256 valence electrons. The summed E-state index contributed by atoms with van der Waals surface area (Å²) in [5.74, 6) is 5.26. The molecule has 2 aliphatic heterocycles. The number of hydrogen-bond donors (Lipinski definition) is 0. The summed E-state index contributed by atoms with van der Waals surface area (Å²) in [6.45, 7) is 10.9. The van der Waals surface area contributed by atoms with Crippen LogP contribution in [-0.2, 0) is 28.2 Å². The third kappa shape index (κ3) is 9.64. The molecule has 13 heteroatoms. The Labute approximate surface area is 270 Å². The predicted octanol–water partition coefficient (Wildman–Crippen LogP) is 6.35. The molecule has 7 nitrogen and oxygen atoms in total. The Hall–Kier alpha value is -3.76. The van der Waals surface area contributed by atoms with Crippen LogP contribution in [0.25, 0.3) is 0 Å². The molecule has 47 heavy (non-hydrogen) atoms. The number of morpholine rings is 1. The summed E-state index contributed by atoms with van der Waals surface area (Å²) in [5, 5.41) is 0. The lowest BCUT2D eigenvalue weighted by molar-refractivity contribution is -0.143. The van der Waals surface area contributed by atoms with Gasteiger partial charge in [-0.05, 0) is 75.9 Å². The van der Waals surface area contributed by atoms with Gasteiger partial charge in [0.2, 0.25) is 0 Å². The number of aryl methyl sites for hydroxylation is 2. The minimum atomic E-state index is -5.07.